The molecule has 0 spiro atoms. The van der Waals surface area contributed by atoms with Crippen LogP contribution in [0.15, 0.2) is 34.1 Å². The zero-order chi connectivity index (χ0) is 22.8. The van der Waals surface area contributed by atoms with Gasteiger partial charge >= 0.3 is 56.6 Å². The first-order chi connectivity index (χ1) is 14.3. The molecule has 0 radical (unpaired) electrons. The Labute approximate surface area is 245 Å². The fraction of sp³-hybridized carbons (Fsp3) is 0.500. The first-order valence-corrected chi connectivity index (χ1v) is 13.0. The van der Waals surface area contributed by atoms with Gasteiger partial charge in [-0.15, -0.1) is 0 Å². The Morgan fingerprint density at radius 2 is 0.812 bits per heavy atom. The molecule has 0 aromatic heterocycles. The van der Waals surface area contributed by atoms with Crippen LogP contribution in [0.25, 0.3) is 0 Å². The molecule has 0 aliphatic carbocycles. The quantitative estimate of drug-likeness (QED) is 0.430. The summed E-state index contributed by atoms with van der Waals surface area (Å²) >= 11 is -3.72. The van der Waals surface area contributed by atoms with Crippen molar-refractivity contribution in [3.63, 3.8) is 0 Å². The predicted molar refractivity (Wildman–Crippen MR) is 136 cm³/mol. The van der Waals surface area contributed by atoms with E-state index in [-0.39, 0.29) is 60.9 Å². The molecule has 32 heavy (non-hydrogen) atoms. The SMILES string of the molecule is CCc1cc(CC)c(S(=O)O)c(CC)c1.CCc1cc(CC)c(S(=O)O)c(CC)c1.[Ca+2].[H-].[H-].[H-].[Li+]. The van der Waals surface area contributed by atoms with E-state index in [2.05, 4.69) is 13.8 Å². The predicted octanol–water partition coefficient (Wildman–Crippen LogP) is 2.87. The summed E-state index contributed by atoms with van der Waals surface area (Å²) < 4.78 is 41.1. The molecule has 0 amide bonds. The van der Waals surface area contributed by atoms with Crippen LogP contribution in [0.5, 0.6) is 0 Å². The van der Waals surface area contributed by atoms with Gasteiger partial charge in [0, 0.05) is 0 Å². The second kappa shape index (κ2) is 17.9. The molecule has 2 aromatic rings. The molecule has 2 unspecified atom stereocenters. The van der Waals surface area contributed by atoms with Gasteiger partial charge in [0.2, 0.25) is 0 Å². The molecule has 0 heterocycles. The third-order valence-corrected chi connectivity index (χ3v) is 7.04. The minimum absolute atomic E-state index is 0. The van der Waals surface area contributed by atoms with E-state index in [1.807, 2.05) is 52.0 Å². The van der Waals surface area contributed by atoms with E-state index in [9.17, 15) is 17.5 Å². The van der Waals surface area contributed by atoms with Gasteiger partial charge in [-0.05, 0) is 71.9 Å². The van der Waals surface area contributed by atoms with Crippen LogP contribution in [0.1, 0.15) is 79.2 Å². The summed E-state index contributed by atoms with van der Waals surface area (Å²) in [6, 6.07) is 8.18. The smallest absolute Gasteiger partial charge is 1.00 e. The summed E-state index contributed by atoms with van der Waals surface area (Å²) in [4.78, 5) is 1.24. The van der Waals surface area contributed by atoms with Gasteiger partial charge < -0.3 is 13.4 Å². The Morgan fingerprint density at radius 1 is 0.594 bits per heavy atom. The minimum Gasteiger partial charge on any atom is -1.00 e. The van der Waals surface area contributed by atoms with Crippen LogP contribution < -0.4 is 18.9 Å². The molecule has 0 fully saturated rings. The Morgan fingerprint density at radius 3 is 0.938 bits per heavy atom. The molecular weight excluding hydrogens is 463 g/mol. The maximum atomic E-state index is 11.3. The summed E-state index contributed by atoms with van der Waals surface area (Å²) in [5, 5.41) is 0. The molecule has 8 heteroatoms. The molecule has 0 bridgehead atoms. The number of hydrogen-bond donors (Lipinski definition) is 2. The van der Waals surface area contributed by atoms with Crippen molar-refractivity contribution in [2.24, 2.45) is 0 Å². The minimum atomic E-state index is -1.86. The Hall–Kier alpha value is 0.517. The maximum absolute atomic E-state index is 11.3. The molecular formula is C24H39CaLiO4S2. The van der Waals surface area contributed by atoms with Gasteiger partial charge in [-0.2, -0.15) is 0 Å². The zero-order valence-corrected chi connectivity index (χ0v) is 24.6. The van der Waals surface area contributed by atoms with Gasteiger partial charge in [-0.25, -0.2) is 8.42 Å². The van der Waals surface area contributed by atoms with Gasteiger partial charge in [0.1, 0.15) is 0 Å². The average molecular weight is 503 g/mol. The summed E-state index contributed by atoms with van der Waals surface area (Å²) in [6.45, 7) is 12.3. The van der Waals surface area contributed by atoms with Crippen molar-refractivity contribution in [3.8, 4) is 0 Å². The fourth-order valence-electron chi connectivity index (χ4n) is 3.56. The second-order valence-corrected chi connectivity index (χ2v) is 8.92. The van der Waals surface area contributed by atoms with E-state index in [4.69, 9.17) is 0 Å². The maximum Gasteiger partial charge on any atom is 2.00 e. The number of hydrogen-bond acceptors (Lipinski definition) is 2. The van der Waals surface area contributed by atoms with Gasteiger partial charge in [-0.3, -0.25) is 0 Å². The number of benzene rings is 2. The van der Waals surface area contributed by atoms with Crippen molar-refractivity contribution >= 4 is 59.9 Å². The molecule has 2 N–H and O–H groups in total. The average Bonchev–Trinajstić information content (AvgIpc) is 2.76. The topological polar surface area (TPSA) is 74.6 Å². The van der Waals surface area contributed by atoms with Gasteiger partial charge in [0.25, 0.3) is 0 Å². The molecule has 2 aromatic carbocycles. The molecule has 0 aliphatic rings. The molecule has 0 aliphatic heterocycles. The van der Waals surface area contributed by atoms with Crippen LogP contribution in [-0.4, -0.2) is 55.3 Å². The Balaban J connectivity index is -0.000000150. The van der Waals surface area contributed by atoms with Crippen molar-refractivity contribution < 1.29 is 40.7 Å². The van der Waals surface area contributed by atoms with Gasteiger partial charge in [0.15, 0.2) is 22.2 Å². The van der Waals surface area contributed by atoms with E-state index in [0.29, 0.717) is 9.79 Å². The molecule has 4 nitrogen and oxygen atoms in total. The van der Waals surface area contributed by atoms with Crippen molar-refractivity contribution in [2.45, 2.75) is 89.9 Å². The van der Waals surface area contributed by atoms with E-state index >= 15 is 0 Å². The van der Waals surface area contributed by atoms with Gasteiger partial charge in [-0.1, -0.05) is 65.8 Å². The molecule has 2 rings (SSSR count). The van der Waals surface area contributed by atoms with Crippen molar-refractivity contribution in [1.29, 1.82) is 0 Å². The number of aryl methyl sites for hydroxylation is 6. The van der Waals surface area contributed by atoms with Crippen molar-refractivity contribution in [3.05, 3.63) is 57.6 Å². The first-order valence-electron chi connectivity index (χ1n) is 10.8. The van der Waals surface area contributed by atoms with Crippen LogP contribution in [0.2, 0.25) is 0 Å². The first kappa shape index (κ1) is 34.7. The van der Waals surface area contributed by atoms with Crippen LogP contribution >= 0.6 is 0 Å². The van der Waals surface area contributed by atoms with Crippen LogP contribution in [0.4, 0.5) is 0 Å². The van der Waals surface area contributed by atoms with E-state index in [0.717, 1.165) is 60.8 Å². The standard InChI is InChI=1S/2C12H18O2S.Ca.Li.3H/c2*1-4-9-7-10(5-2)12(15(13)14)11(6-3)8-9;;;;;/h2*7-8H,4-6H2,1-3H3,(H,13,14);;;;;/q;;+2;+1;3*-1. The third kappa shape index (κ3) is 9.64. The number of rotatable bonds is 8. The largest absolute Gasteiger partial charge is 2.00 e. The Bertz CT molecular complexity index is 795. The molecule has 0 saturated carbocycles. The van der Waals surface area contributed by atoms with E-state index in [1.165, 1.54) is 11.1 Å². The summed E-state index contributed by atoms with van der Waals surface area (Å²) in [5.41, 5.74) is 6.52. The van der Waals surface area contributed by atoms with Crippen molar-refractivity contribution in [1.82, 2.24) is 0 Å². The van der Waals surface area contributed by atoms with Crippen LogP contribution in [0.3, 0.4) is 0 Å². The Kier molecular flexibility index (Phi) is 19.4. The molecule has 0 saturated heterocycles. The van der Waals surface area contributed by atoms with Crippen LogP contribution in [0, 0.1) is 0 Å². The van der Waals surface area contributed by atoms with E-state index < -0.39 is 22.2 Å². The third-order valence-electron chi connectivity index (χ3n) is 5.29. The van der Waals surface area contributed by atoms with Crippen molar-refractivity contribution in [2.75, 3.05) is 0 Å². The summed E-state index contributed by atoms with van der Waals surface area (Å²) in [6.07, 6.45) is 5.17. The van der Waals surface area contributed by atoms with Gasteiger partial charge in [0.05, 0.1) is 9.79 Å². The molecule has 174 valence electrons. The summed E-state index contributed by atoms with van der Waals surface area (Å²) in [5.74, 6) is 0. The zero-order valence-electron chi connectivity index (χ0n) is 23.8. The summed E-state index contributed by atoms with van der Waals surface area (Å²) in [7, 11) is 0. The normalized spacial score (nSPS) is 12.0. The second-order valence-electron chi connectivity index (χ2n) is 7.11. The molecule has 2 atom stereocenters. The fourth-order valence-corrected chi connectivity index (χ4v) is 5.27. The van der Waals surface area contributed by atoms with E-state index in [1.54, 1.807) is 0 Å². The monoisotopic (exact) mass is 502 g/mol. The van der Waals surface area contributed by atoms with Crippen LogP contribution in [-0.2, 0) is 60.7 Å².